The third kappa shape index (κ3) is 0.794. The normalized spacial score (nSPS) is 26.5. The fourth-order valence-electron chi connectivity index (χ4n) is 0.942. The highest BCUT2D eigenvalue weighted by atomic mass is 32.1. The number of nitrogens with zero attached hydrogens (tertiary/aromatic N) is 2. The third-order valence-corrected chi connectivity index (χ3v) is 2.47. The van der Waals surface area contributed by atoms with E-state index in [1.807, 2.05) is 6.92 Å². The number of likely N-dealkylation sites (N-methyl/N-ethyl adjacent to an activating group) is 2. The van der Waals surface area contributed by atoms with Crippen molar-refractivity contribution in [3.05, 3.63) is 0 Å². The maximum absolute atomic E-state index is 11.1. The molecule has 1 aliphatic heterocycles. The van der Waals surface area contributed by atoms with Gasteiger partial charge in [0.15, 0.2) is 0 Å². The molecule has 4 heteroatoms. The van der Waals surface area contributed by atoms with E-state index < -0.39 is 0 Å². The predicted octanol–water partition coefficient (Wildman–Crippen LogP) is 0.700. The van der Waals surface area contributed by atoms with Crippen molar-refractivity contribution < 1.29 is 4.79 Å². The summed E-state index contributed by atoms with van der Waals surface area (Å²) in [5.41, 5.74) is 0. The van der Waals surface area contributed by atoms with Crippen LogP contribution in [-0.2, 0) is 0 Å². The van der Waals surface area contributed by atoms with Gasteiger partial charge >= 0.3 is 6.03 Å². The van der Waals surface area contributed by atoms with Crippen LogP contribution < -0.4 is 0 Å². The summed E-state index contributed by atoms with van der Waals surface area (Å²) in [5.74, 6) is 0. The van der Waals surface area contributed by atoms with Gasteiger partial charge in [0, 0.05) is 14.1 Å². The van der Waals surface area contributed by atoms with Crippen LogP contribution in [0.2, 0.25) is 0 Å². The van der Waals surface area contributed by atoms with Crippen LogP contribution in [0.5, 0.6) is 0 Å². The smallest absolute Gasteiger partial charge is 0.318 e. The lowest BCUT2D eigenvalue weighted by atomic mass is 10.3. The van der Waals surface area contributed by atoms with Gasteiger partial charge in [0.05, 0.1) is 6.04 Å². The first-order chi connectivity index (χ1) is 4.55. The Morgan fingerprint density at radius 3 is 2.10 bits per heavy atom. The largest absolute Gasteiger partial charge is 0.325 e. The Balaban J connectivity index is 2.89. The number of carbonyl (C=O) groups is 1. The highest BCUT2D eigenvalue weighted by Crippen LogP contribution is 2.13. The van der Waals surface area contributed by atoms with E-state index in [1.165, 1.54) is 4.90 Å². The summed E-state index contributed by atoms with van der Waals surface area (Å²) < 4.78 is 0. The quantitative estimate of drug-likeness (QED) is 0.484. The molecule has 1 heterocycles. The Hall–Kier alpha value is -0.640. The zero-order valence-electron chi connectivity index (χ0n) is 6.29. The highest BCUT2D eigenvalue weighted by Gasteiger charge is 2.33. The summed E-state index contributed by atoms with van der Waals surface area (Å²) in [6.45, 7) is 1.92. The Morgan fingerprint density at radius 2 is 2.00 bits per heavy atom. The molecule has 1 aliphatic rings. The van der Waals surface area contributed by atoms with Gasteiger partial charge in [-0.25, -0.2) is 4.79 Å². The highest BCUT2D eigenvalue weighted by molar-refractivity contribution is 7.80. The maximum atomic E-state index is 11.1. The fourth-order valence-corrected chi connectivity index (χ4v) is 1.18. The minimum atomic E-state index is -0.0162. The molecule has 0 aliphatic carbocycles. The van der Waals surface area contributed by atoms with E-state index in [9.17, 15) is 4.79 Å². The van der Waals surface area contributed by atoms with Gasteiger partial charge < -0.3 is 4.90 Å². The van der Waals surface area contributed by atoms with Crippen LogP contribution in [0.1, 0.15) is 6.92 Å². The first kappa shape index (κ1) is 7.47. The van der Waals surface area contributed by atoms with Crippen molar-refractivity contribution in [1.82, 2.24) is 9.80 Å². The standard InChI is InChI=1S/C6H10N2OS/c1-4-5(10)8(3)6(9)7(4)2/h4H,1-3H3. The first-order valence-corrected chi connectivity index (χ1v) is 3.51. The molecule has 0 N–H and O–H groups in total. The van der Waals surface area contributed by atoms with Crippen molar-refractivity contribution in [1.29, 1.82) is 0 Å². The molecular formula is C6H10N2OS. The van der Waals surface area contributed by atoms with Crippen LogP contribution in [0.4, 0.5) is 4.79 Å². The Morgan fingerprint density at radius 1 is 1.50 bits per heavy atom. The summed E-state index contributed by atoms with van der Waals surface area (Å²) in [4.78, 5) is 14.9. The zero-order valence-corrected chi connectivity index (χ0v) is 7.10. The Kier molecular flexibility index (Phi) is 1.64. The Labute approximate surface area is 65.6 Å². The molecule has 56 valence electrons. The van der Waals surface area contributed by atoms with Crippen LogP contribution in [0.15, 0.2) is 0 Å². The number of rotatable bonds is 0. The molecule has 0 aromatic carbocycles. The van der Waals surface area contributed by atoms with Crippen molar-refractivity contribution in [2.75, 3.05) is 14.1 Å². The minimum Gasteiger partial charge on any atom is -0.318 e. The third-order valence-electron chi connectivity index (χ3n) is 1.86. The van der Waals surface area contributed by atoms with E-state index in [0.29, 0.717) is 4.99 Å². The van der Waals surface area contributed by atoms with E-state index in [-0.39, 0.29) is 12.1 Å². The van der Waals surface area contributed by atoms with E-state index in [0.717, 1.165) is 0 Å². The summed E-state index contributed by atoms with van der Waals surface area (Å²) in [7, 11) is 3.45. The van der Waals surface area contributed by atoms with Gasteiger partial charge in [-0.2, -0.15) is 0 Å². The molecule has 1 rings (SSSR count). The van der Waals surface area contributed by atoms with Gasteiger partial charge in [0.2, 0.25) is 0 Å². The molecule has 0 spiro atoms. The van der Waals surface area contributed by atoms with Crippen molar-refractivity contribution >= 4 is 23.2 Å². The molecule has 1 saturated heterocycles. The number of amides is 2. The van der Waals surface area contributed by atoms with Gasteiger partial charge in [-0.05, 0) is 6.92 Å². The lowest BCUT2D eigenvalue weighted by Gasteiger charge is -2.10. The van der Waals surface area contributed by atoms with Crippen molar-refractivity contribution in [2.45, 2.75) is 13.0 Å². The molecule has 0 radical (unpaired) electrons. The number of urea groups is 1. The van der Waals surface area contributed by atoms with E-state index in [2.05, 4.69) is 0 Å². The molecular weight excluding hydrogens is 148 g/mol. The molecule has 0 aromatic heterocycles. The Bertz CT molecular complexity index is 172. The average molecular weight is 158 g/mol. The second-order valence-corrected chi connectivity index (χ2v) is 2.88. The summed E-state index contributed by atoms with van der Waals surface area (Å²) >= 11 is 4.98. The van der Waals surface area contributed by atoms with Crippen LogP contribution in [-0.4, -0.2) is 41.0 Å². The summed E-state index contributed by atoms with van der Waals surface area (Å²) in [6, 6.07) is 0.0602. The van der Waals surface area contributed by atoms with Gasteiger partial charge in [0.25, 0.3) is 0 Å². The van der Waals surface area contributed by atoms with E-state index in [4.69, 9.17) is 12.2 Å². The van der Waals surface area contributed by atoms with Crippen LogP contribution >= 0.6 is 12.2 Å². The number of hydrogen-bond acceptors (Lipinski definition) is 2. The van der Waals surface area contributed by atoms with E-state index in [1.54, 1.807) is 19.0 Å². The lowest BCUT2D eigenvalue weighted by Crippen LogP contribution is -2.28. The summed E-state index contributed by atoms with van der Waals surface area (Å²) in [5, 5.41) is 0. The van der Waals surface area contributed by atoms with Crippen LogP contribution in [0, 0.1) is 0 Å². The first-order valence-electron chi connectivity index (χ1n) is 3.10. The number of hydrogen-bond donors (Lipinski definition) is 0. The number of carbonyl (C=O) groups excluding carboxylic acids is 1. The molecule has 2 amide bonds. The number of thiocarbonyl (C=S) groups is 1. The second kappa shape index (κ2) is 2.20. The second-order valence-electron chi connectivity index (χ2n) is 2.47. The van der Waals surface area contributed by atoms with Crippen molar-refractivity contribution in [2.24, 2.45) is 0 Å². The predicted molar refractivity (Wildman–Crippen MR) is 43.0 cm³/mol. The molecule has 3 nitrogen and oxygen atoms in total. The molecule has 1 unspecified atom stereocenters. The SMILES string of the molecule is CC1C(=S)N(C)C(=O)N1C. The van der Waals surface area contributed by atoms with E-state index >= 15 is 0 Å². The van der Waals surface area contributed by atoms with Crippen LogP contribution in [0.3, 0.4) is 0 Å². The molecule has 1 fully saturated rings. The fraction of sp³-hybridized carbons (Fsp3) is 0.667. The topological polar surface area (TPSA) is 23.6 Å². The lowest BCUT2D eigenvalue weighted by molar-refractivity contribution is 0.203. The van der Waals surface area contributed by atoms with Gasteiger partial charge in [-0.15, -0.1) is 0 Å². The summed E-state index contributed by atoms with van der Waals surface area (Å²) in [6.07, 6.45) is 0. The molecule has 0 saturated carbocycles. The minimum absolute atomic E-state index is 0.0162. The molecule has 0 aromatic rings. The van der Waals surface area contributed by atoms with Crippen molar-refractivity contribution in [3.8, 4) is 0 Å². The molecule has 10 heavy (non-hydrogen) atoms. The van der Waals surface area contributed by atoms with Gasteiger partial charge in [-0.1, -0.05) is 12.2 Å². The van der Waals surface area contributed by atoms with Crippen LogP contribution in [0.25, 0.3) is 0 Å². The zero-order chi connectivity index (χ0) is 7.89. The maximum Gasteiger partial charge on any atom is 0.325 e. The monoisotopic (exact) mass is 158 g/mol. The van der Waals surface area contributed by atoms with Crippen molar-refractivity contribution in [3.63, 3.8) is 0 Å². The molecule has 1 atom stereocenters. The average Bonchev–Trinajstić information content (AvgIpc) is 2.07. The van der Waals surface area contributed by atoms with Gasteiger partial charge in [0.1, 0.15) is 4.99 Å². The molecule has 0 bridgehead atoms. The van der Waals surface area contributed by atoms with Gasteiger partial charge in [-0.3, -0.25) is 4.90 Å².